The van der Waals surface area contributed by atoms with Crippen molar-refractivity contribution in [2.24, 2.45) is 5.92 Å². The van der Waals surface area contributed by atoms with Crippen LogP contribution in [0, 0.1) is 11.7 Å². The molecule has 2 aliphatic heterocycles. The highest BCUT2D eigenvalue weighted by Crippen LogP contribution is 2.24. The van der Waals surface area contributed by atoms with Crippen LogP contribution >= 0.6 is 0 Å². The summed E-state index contributed by atoms with van der Waals surface area (Å²) in [6.07, 6.45) is 3.46. The van der Waals surface area contributed by atoms with Gasteiger partial charge in [0.1, 0.15) is 5.82 Å². The molecule has 3 nitrogen and oxygen atoms in total. The van der Waals surface area contributed by atoms with Crippen LogP contribution in [0.5, 0.6) is 0 Å². The second-order valence-corrected chi connectivity index (χ2v) is 5.80. The van der Waals surface area contributed by atoms with Crippen molar-refractivity contribution in [3.63, 3.8) is 0 Å². The van der Waals surface area contributed by atoms with Crippen molar-refractivity contribution >= 4 is 5.69 Å². The van der Waals surface area contributed by atoms with Crippen LogP contribution in [0.15, 0.2) is 18.2 Å². The Morgan fingerprint density at radius 2 is 2.15 bits per heavy atom. The molecule has 0 bridgehead atoms. The molecule has 1 atom stereocenters. The summed E-state index contributed by atoms with van der Waals surface area (Å²) in [4.78, 5) is 2.07. The predicted octanol–water partition coefficient (Wildman–Crippen LogP) is 2.20. The molecule has 0 aromatic heterocycles. The van der Waals surface area contributed by atoms with Crippen molar-refractivity contribution in [3.05, 3.63) is 29.6 Å². The monoisotopic (exact) mass is 278 g/mol. The van der Waals surface area contributed by atoms with Gasteiger partial charge in [-0.1, -0.05) is 6.07 Å². The van der Waals surface area contributed by atoms with E-state index in [0.29, 0.717) is 19.1 Å². The number of nitrogens with zero attached hydrogens (tertiary/aromatic N) is 1. The Morgan fingerprint density at radius 3 is 2.85 bits per heavy atom. The minimum atomic E-state index is -0.0897. The Morgan fingerprint density at radius 1 is 1.30 bits per heavy atom. The SMILES string of the molecule is Fc1cc(CC2CCCNC2)ccc1N1CCOCC1. The van der Waals surface area contributed by atoms with Crippen molar-refractivity contribution in [1.29, 1.82) is 0 Å². The number of ether oxygens (including phenoxy) is 1. The maximum absolute atomic E-state index is 14.3. The van der Waals surface area contributed by atoms with Crippen LogP contribution in [0.3, 0.4) is 0 Å². The van der Waals surface area contributed by atoms with Gasteiger partial charge in [0, 0.05) is 13.1 Å². The molecule has 0 spiro atoms. The molecule has 1 N–H and O–H groups in total. The fraction of sp³-hybridized carbons (Fsp3) is 0.625. The van der Waals surface area contributed by atoms with E-state index in [0.717, 1.165) is 43.9 Å². The van der Waals surface area contributed by atoms with Gasteiger partial charge in [-0.3, -0.25) is 0 Å². The van der Waals surface area contributed by atoms with Crippen LogP contribution in [-0.2, 0) is 11.2 Å². The zero-order valence-electron chi connectivity index (χ0n) is 11.9. The van der Waals surface area contributed by atoms with Crippen LogP contribution in [-0.4, -0.2) is 39.4 Å². The number of morpholine rings is 1. The summed E-state index contributed by atoms with van der Waals surface area (Å²) >= 11 is 0. The van der Waals surface area contributed by atoms with Crippen molar-refractivity contribution in [3.8, 4) is 0 Å². The van der Waals surface area contributed by atoms with Crippen LogP contribution in [0.2, 0.25) is 0 Å². The number of halogens is 1. The summed E-state index contributed by atoms with van der Waals surface area (Å²) in [7, 11) is 0. The summed E-state index contributed by atoms with van der Waals surface area (Å²) < 4.78 is 19.6. The number of rotatable bonds is 3. The number of nitrogens with one attached hydrogen (secondary N) is 1. The molecule has 1 aromatic rings. The van der Waals surface area contributed by atoms with Crippen LogP contribution in [0.25, 0.3) is 0 Å². The zero-order chi connectivity index (χ0) is 13.8. The van der Waals surface area contributed by atoms with Gasteiger partial charge in [0.2, 0.25) is 0 Å². The highest BCUT2D eigenvalue weighted by molar-refractivity contribution is 5.49. The third-order valence-electron chi connectivity index (χ3n) is 4.29. The van der Waals surface area contributed by atoms with Gasteiger partial charge < -0.3 is 15.0 Å². The van der Waals surface area contributed by atoms with Gasteiger partial charge in [-0.2, -0.15) is 0 Å². The van der Waals surface area contributed by atoms with E-state index >= 15 is 0 Å². The highest BCUT2D eigenvalue weighted by atomic mass is 19.1. The highest BCUT2D eigenvalue weighted by Gasteiger charge is 2.17. The third kappa shape index (κ3) is 3.30. The largest absolute Gasteiger partial charge is 0.378 e. The quantitative estimate of drug-likeness (QED) is 0.917. The minimum Gasteiger partial charge on any atom is -0.378 e. The van der Waals surface area contributed by atoms with E-state index in [-0.39, 0.29) is 5.82 Å². The lowest BCUT2D eigenvalue weighted by Gasteiger charge is -2.29. The van der Waals surface area contributed by atoms with E-state index in [4.69, 9.17) is 4.74 Å². The molecule has 2 aliphatic rings. The maximum Gasteiger partial charge on any atom is 0.146 e. The van der Waals surface area contributed by atoms with E-state index in [9.17, 15) is 4.39 Å². The molecule has 2 saturated heterocycles. The van der Waals surface area contributed by atoms with Gasteiger partial charge in [-0.05, 0) is 56.0 Å². The number of benzene rings is 1. The van der Waals surface area contributed by atoms with E-state index in [1.807, 2.05) is 6.07 Å². The predicted molar refractivity (Wildman–Crippen MR) is 78.7 cm³/mol. The first kappa shape index (κ1) is 13.8. The Balaban J connectivity index is 1.66. The van der Waals surface area contributed by atoms with Gasteiger partial charge >= 0.3 is 0 Å². The molecule has 110 valence electrons. The molecule has 0 aliphatic carbocycles. The second kappa shape index (κ2) is 6.55. The molecule has 2 fully saturated rings. The van der Waals surface area contributed by atoms with Crippen LogP contribution < -0.4 is 10.2 Å². The fourth-order valence-electron chi connectivity index (χ4n) is 3.17. The number of piperidine rings is 1. The van der Waals surface area contributed by atoms with Gasteiger partial charge in [0.05, 0.1) is 18.9 Å². The summed E-state index contributed by atoms with van der Waals surface area (Å²) in [5.41, 5.74) is 1.84. The van der Waals surface area contributed by atoms with E-state index in [1.54, 1.807) is 6.07 Å². The average Bonchev–Trinajstić information content (AvgIpc) is 2.49. The molecular weight excluding hydrogens is 255 g/mol. The molecule has 1 aromatic carbocycles. The molecule has 4 heteroatoms. The average molecular weight is 278 g/mol. The standard InChI is InChI=1S/C16H23FN2O/c17-15-11-13(10-14-2-1-5-18-12-14)3-4-16(15)19-6-8-20-9-7-19/h3-4,11,14,18H,1-2,5-10,12H2. The van der Waals surface area contributed by atoms with Gasteiger partial charge in [-0.25, -0.2) is 4.39 Å². The molecule has 0 radical (unpaired) electrons. The molecule has 0 amide bonds. The summed E-state index contributed by atoms with van der Waals surface area (Å²) in [6, 6.07) is 5.74. The molecule has 1 unspecified atom stereocenters. The summed E-state index contributed by atoms with van der Waals surface area (Å²) in [5, 5.41) is 3.42. The van der Waals surface area contributed by atoms with Crippen LogP contribution in [0.1, 0.15) is 18.4 Å². The third-order valence-corrected chi connectivity index (χ3v) is 4.29. The first-order chi connectivity index (χ1) is 9.83. The van der Waals surface area contributed by atoms with Crippen molar-refractivity contribution in [2.75, 3.05) is 44.3 Å². The fourth-order valence-corrected chi connectivity index (χ4v) is 3.17. The molecule has 2 heterocycles. The number of hydrogen-bond acceptors (Lipinski definition) is 3. The minimum absolute atomic E-state index is 0.0897. The lowest BCUT2D eigenvalue weighted by Crippen LogP contribution is -2.36. The zero-order valence-corrected chi connectivity index (χ0v) is 11.9. The Bertz CT molecular complexity index is 440. The van der Waals surface area contributed by atoms with Crippen molar-refractivity contribution in [2.45, 2.75) is 19.3 Å². The number of hydrogen-bond donors (Lipinski definition) is 1. The molecule has 20 heavy (non-hydrogen) atoms. The second-order valence-electron chi connectivity index (χ2n) is 5.80. The van der Waals surface area contributed by atoms with E-state index in [1.165, 1.54) is 12.8 Å². The summed E-state index contributed by atoms with van der Waals surface area (Å²) in [5.74, 6) is 0.561. The molecule has 3 rings (SSSR count). The lowest BCUT2D eigenvalue weighted by molar-refractivity contribution is 0.122. The van der Waals surface area contributed by atoms with Crippen LogP contribution in [0.4, 0.5) is 10.1 Å². The summed E-state index contributed by atoms with van der Waals surface area (Å²) in [6.45, 7) is 5.13. The Kier molecular flexibility index (Phi) is 4.53. The normalized spacial score (nSPS) is 23.9. The first-order valence-corrected chi connectivity index (χ1v) is 7.65. The smallest absolute Gasteiger partial charge is 0.146 e. The number of anilines is 1. The Labute approximate surface area is 120 Å². The van der Waals surface area contributed by atoms with Crippen molar-refractivity contribution in [1.82, 2.24) is 5.32 Å². The van der Waals surface area contributed by atoms with Gasteiger partial charge in [-0.15, -0.1) is 0 Å². The molecular formula is C16H23FN2O. The van der Waals surface area contributed by atoms with Gasteiger partial charge in [0.25, 0.3) is 0 Å². The Hall–Kier alpha value is -1.13. The first-order valence-electron chi connectivity index (χ1n) is 7.65. The van der Waals surface area contributed by atoms with E-state index < -0.39 is 0 Å². The lowest BCUT2D eigenvalue weighted by atomic mass is 9.92. The maximum atomic E-state index is 14.3. The van der Waals surface area contributed by atoms with Gasteiger partial charge in [0.15, 0.2) is 0 Å². The van der Waals surface area contributed by atoms with E-state index in [2.05, 4.69) is 16.3 Å². The molecule has 0 saturated carbocycles. The van der Waals surface area contributed by atoms with Crippen molar-refractivity contribution < 1.29 is 9.13 Å². The topological polar surface area (TPSA) is 24.5 Å².